The molecule has 1 aromatic rings. The van der Waals surface area contributed by atoms with Gasteiger partial charge in [-0.15, -0.1) is 0 Å². The highest BCUT2D eigenvalue weighted by Gasteiger charge is 2.29. The van der Waals surface area contributed by atoms with Crippen molar-refractivity contribution in [1.82, 2.24) is 4.90 Å². The molecule has 2 aliphatic rings. The molecule has 2 aliphatic heterocycles. The Morgan fingerprint density at radius 1 is 1.30 bits per heavy atom. The zero-order chi connectivity index (χ0) is 14.3. The van der Waals surface area contributed by atoms with Gasteiger partial charge in [-0.25, -0.2) is 0 Å². The molecule has 0 bridgehead atoms. The minimum Gasteiger partial charge on any atom is -0.369 e. The number of anilines is 2. The van der Waals surface area contributed by atoms with Crippen LogP contribution < -0.4 is 10.2 Å². The predicted octanol–water partition coefficient (Wildman–Crippen LogP) is 1.35. The van der Waals surface area contributed by atoms with E-state index in [-0.39, 0.29) is 0 Å². The van der Waals surface area contributed by atoms with Gasteiger partial charge in [0.15, 0.2) is 0 Å². The van der Waals surface area contributed by atoms with Gasteiger partial charge in [0.1, 0.15) is 0 Å². The molecule has 0 aromatic heterocycles. The fourth-order valence-electron chi connectivity index (χ4n) is 3.03. The first-order valence-electron chi connectivity index (χ1n) is 7.09. The average Bonchev–Trinajstić information content (AvgIpc) is 2.73. The molecule has 1 fully saturated rings. The Kier molecular flexibility index (Phi) is 3.22. The molecule has 106 valence electrons. The van der Waals surface area contributed by atoms with Gasteiger partial charge < -0.3 is 10.2 Å². The zero-order valence-corrected chi connectivity index (χ0v) is 11.8. The summed E-state index contributed by atoms with van der Waals surface area (Å²) in [5.74, 6) is -0.961. The Morgan fingerprint density at radius 3 is 2.80 bits per heavy atom. The van der Waals surface area contributed by atoms with Crippen LogP contribution in [0.5, 0.6) is 0 Å². The van der Waals surface area contributed by atoms with E-state index in [1.807, 2.05) is 12.1 Å². The summed E-state index contributed by atoms with van der Waals surface area (Å²) in [4.78, 5) is 27.7. The van der Waals surface area contributed by atoms with E-state index in [2.05, 4.69) is 29.0 Å². The molecular formula is C15H19N3O2. The van der Waals surface area contributed by atoms with Crippen LogP contribution in [0.2, 0.25) is 0 Å². The van der Waals surface area contributed by atoms with Crippen LogP contribution in [0.4, 0.5) is 11.4 Å². The van der Waals surface area contributed by atoms with Crippen molar-refractivity contribution < 1.29 is 9.59 Å². The molecule has 0 spiro atoms. The van der Waals surface area contributed by atoms with Crippen LogP contribution in [0.3, 0.4) is 0 Å². The number of amides is 1. The van der Waals surface area contributed by atoms with Crippen molar-refractivity contribution in [2.75, 3.05) is 36.4 Å². The predicted molar refractivity (Wildman–Crippen MR) is 78.3 cm³/mol. The number of fused-ring (bicyclic) bond motifs is 1. The molecule has 1 saturated heterocycles. The van der Waals surface area contributed by atoms with Crippen LogP contribution >= 0.6 is 0 Å². The number of carbonyl (C=O) groups is 2. The van der Waals surface area contributed by atoms with Crippen LogP contribution in [-0.2, 0) is 4.79 Å². The number of hydrogen-bond donors (Lipinski definition) is 1. The molecule has 0 radical (unpaired) electrons. The van der Waals surface area contributed by atoms with Crippen molar-refractivity contribution in [2.24, 2.45) is 0 Å². The fraction of sp³-hybridized carbons (Fsp3) is 0.467. The summed E-state index contributed by atoms with van der Waals surface area (Å²) >= 11 is 0. The van der Waals surface area contributed by atoms with Gasteiger partial charge in [0.2, 0.25) is 0 Å². The van der Waals surface area contributed by atoms with E-state index in [0.29, 0.717) is 17.3 Å². The second kappa shape index (κ2) is 4.90. The normalized spacial score (nSPS) is 22.9. The summed E-state index contributed by atoms with van der Waals surface area (Å²) in [5.41, 5.74) is 2.20. The first-order chi connectivity index (χ1) is 9.60. The molecule has 1 N–H and O–H groups in total. The summed E-state index contributed by atoms with van der Waals surface area (Å²) in [6.07, 6.45) is 0. The van der Waals surface area contributed by atoms with Crippen LogP contribution in [0.1, 0.15) is 24.2 Å². The molecule has 0 aliphatic carbocycles. The Bertz CT molecular complexity index is 570. The number of hydrogen-bond acceptors (Lipinski definition) is 4. The van der Waals surface area contributed by atoms with Crippen molar-refractivity contribution >= 4 is 23.1 Å². The highest BCUT2D eigenvalue weighted by molar-refractivity contribution is 6.51. The number of Topliss-reactive ketones (excluding diaryl/α,β-unsaturated/α-hetero) is 1. The summed E-state index contributed by atoms with van der Waals surface area (Å²) in [6, 6.07) is 6.11. The maximum atomic E-state index is 11.6. The fourth-order valence-corrected chi connectivity index (χ4v) is 3.03. The van der Waals surface area contributed by atoms with Gasteiger partial charge in [-0.1, -0.05) is 6.92 Å². The standard InChI is InChI=1S/C15H19N3O2/c1-3-17-6-7-18(9-10(17)2)11-4-5-12-13(8-11)16-15(20)14(12)19/h4-5,8,10H,3,6-7,9H2,1-2H3,(H,16,19,20). The maximum absolute atomic E-state index is 11.6. The molecular weight excluding hydrogens is 254 g/mol. The highest BCUT2D eigenvalue weighted by Crippen LogP contribution is 2.29. The van der Waals surface area contributed by atoms with E-state index in [1.165, 1.54) is 0 Å². The van der Waals surface area contributed by atoms with E-state index in [4.69, 9.17) is 0 Å². The summed E-state index contributed by atoms with van der Waals surface area (Å²) in [6.45, 7) is 8.47. The minimum atomic E-state index is -0.527. The third-order valence-electron chi connectivity index (χ3n) is 4.24. The van der Waals surface area contributed by atoms with Gasteiger partial charge in [-0.3, -0.25) is 14.5 Å². The Morgan fingerprint density at radius 2 is 2.10 bits per heavy atom. The lowest BCUT2D eigenvalue weighted by atomic mass is 10.1. The number of rotatable bonds is 2. The van der Waals surface area contributed by atoms with E-state index in [9.17, 15) is 9.59 Å². The van der Waals surface area contributed by atoms with Crippen molar-refractivity contribution in [1.29, 1.82) is 0 Å². The summed E-state index contributed by atoms with van der Waals surface area (Å²) < 4.78 is 0. The molecule has 5 nitrogen and oxygen atoms in total. The monoisotopic (exact) mass is 273 g/mol. The van der Waals surface area contributed by atoms with E-state index in [0.717, 1.165) is 31.9 Å². The maximum Gasteiger partial charge on any atom is 0.296 e. The minimum absolute atomic E-state index is 0.435. The molecule has 5 heteroatoms. The quantitative estimate of drug-likeness (QED) is 0.827. The lowest BCUT2D eigenvalue weighted by molar-refractivity contribution is -0.112. The zero-order valence-electron chi connectivity index (χ0n) is 11.8. The van der Waals surface area contributed by atoms with Crippen molar-refractivity contribution in [2.45, 2.75) is 19.9 Å². The van der Waals surface area contributed by atoms with E-state index >= 15 is 0 Å². The molecule has 0 saturated carbocycles. The number of nitrogens with zero attached hydrogens (tertiary/aromatic N) is 2. The SMILES string of the molecule is CCN1CCN(c2ccc3c(c2)NC(=O)C3=O)CC1C. The lowest BCUT2D eigenvalue weighted by Crippen LogP contribution is -2.51. The van der Waals surface area contributed by atoms with Crippen LogP contribution in [-0.4, -0.2) is 48.8 Å². The van der Waals surface area contributed by atoms with Crippen LogP contribution in [0.15, 0.2) is 18.2 Å². The molecule has 1 amide bonds. The first-order valence-corrected chi connectivity index (χ1v) is 7.09. The topological polar surface area (TPSA) is 52.6 Å². The number of benzene rings is 1. The lowest BCUT2D eigenvalue weighted by Gasteiger charge is -2.40. The van der Waals surface area contributed by atoms with E-state index in [1.54, 1.807) is 6.07 Å². The van der Waals surface area contributed by atoms with Crippen molar-refractivity contribution in [3.63, 3.8) is 0 Å². The van der Waals surface area contributed by atoms with Crippen LogP contribution in [0.25, 0.3) is 0 Å². The van der Waals surface area contributed by atoms with Crippen molar-refractivity contribution in [3.05, 3.63) is 23.8 Å². The highest BCUT2D eigenvalue weighted by atomic mass is 16.2. The molecule has 1 aromatic carbocycles. The number of ketones is 1. The second-order valence-corrected chi connectivity index (χ2v) is 5.44. The third-order valence-corrected chi connectivity index (χ3v) is 4.24. The molecule has 1 atom stereocenters. The number of nitrogens with one attached hydrogen (secondary N) is 1. The second-order valence-electron chi connectivity index (χ2n) is 5.44. The Balaban J connectivity index is 1.81. The van der Waals surface area contributed by atoms with Gasteiger partial charge in [0.05, 0.1) is 11.3 Å². The van der Waals surface area contributed by atoms with Gasteiger partial charge in [-0.2, -0.15) is 0 Å². The Hall–Kier alpha value is -1.88. The number of likely N-dealkylation sites (N-methyl/N-ethyl adjacent to an activating group) is 1. The van der Waals surface area contributed by atoms with Gasteiger partial charge in [-0.05, 0) is 31.7 Å². The number of carbonyl (C=O) groups excluding carboxylic acids is 2. The largest absolute Gasteiger partial charge is 0.369 e. The Labute approximate surface area is 118 Å². The average molecular weight is 273 g/mol. The van der Waals surface area contributed by atoms with Gasteiger partial charge in [0, 0.05) is 31.4 Å². The third kappa shape index (κ3) is 2.08. The summed E-state index contributed by atoms with van der Waals surface area (Å²) in [7, 11) is 0. The molecule has 1 unspecified atom stereocenters. The van der Waals surface area contributed by atoms with Crippen LogP contribution in [0, 0.1) is 0 Å². The molecule has 3 rings (SSSR count). The summed E-state index contributed by atoms with van der Waals surface area (Å²) in [5, 5.41) is 2.63. The number of piperazine rings is 1. The van der Waals surface area contributed by atoms with E-state index < -0.39 is 11.7 Å². The molecule has 2 heterocycles. The molecule has 20 heavy (non-hydrogen) atoms. The first kappa shape index (κ1) is 13.1. The van der Waals surface area contributed by atoms with Crippen molar-refractivity contribution in [3.8, 4) is 0 Å². The van der Waals surface area contributed by atoms with Gasteiger partial charge in [0.25, 0.3) is 11.7 Å². The smallest absolute Gasteiger partial charge is 0.296 e. The van der Waals surface area contributed by atoms with Gasteiger partial charge >= 0.3 is 0 Å².